The molecule has 0 heterocycles. The van der Waals surface area contributed by atoms with Gasteiger partial charge in [0.2, 0.25) is 5.91 Å². The number of aliphatic carboxylic acids is 1. The lowest BCUT2D eigenvalue weighted by molar-refractivity contribution is -0.136. The maximum absolute atomic E-state index is 13.5. The Morgan fingerprint density at radius 2 is 1.64 bits per heavy atom. The highest BCUT2D eigenvalue weighted by molar-refractivity contribution is 6.42. The Morgan fingerprint density at radius 3 is 2.28 bits per heavy atom. The zero-order valence-corrected chi connectivity index (χ0v) is 22.9. The number of hydrogen-bond donors (Lipinski definition) is 3. The Balaban J connectivity index is 1.54. The van der Waals surface area contributed by atoms with Gasteiger partial charge in [0.1, 0.15) is 0 Å². The van der Waals surface area contributed by atoms with E-state index in [0.717, 1.165) is 24.0 Å². The Kier molecular flexibility index (Phi) is 9.79. The summed E-state index contributed by atoms with van der Waals surface area (Å²) in [5.41, 5.74) is 5.26. The van der Waals surface area contributed by atoms with Crippen molar-refractivity contribution < 1.29 is 19.5 Å². The second kappa shape index (κ2) is 13.5. The first-order valence-corrected chi connectivity index (χ1v) is 13.7. The molecule has 202 valence electrons. The summed E-state index contributed by atoms with van der Waals surface area (Å²) in [7, 11) is 0. The average molecular weight is 565 g/mol. The van der Waals surface area contributed by atoms with Gasteiger partial charge < -0.3 is 15.7 Å². The van der Waals surface area contributed by atoms with Gasteiger partial charge in [-0.25, -0.2) is 0 Å². The van der Waals surface area contributed by atoms with Gasteiger partial charge in [-0.2, -0.15) is 0 Å². The zero-order chi connectivity index (χ0) is 27.8. The van der Waals surface area contributed by atoms with Crippen molar-refractivity contribution in [1.29, 1.82) is 0 Å². The van der Waals surface area contributed by atoms with Crippen molar-refractivity contribution in [1.82, 2.24) is 5.32 Å². The normalized spacial score (nSPS) is 13.7. The summed E-state index contributed by atoms with van der Waals surface area (Å²) < 4.78 is 0. The van der Waals surface area contributed by atoms with Crippen molar-refractivity contribution in [3.63, 3.8) is 0 Å². The summed E-state index contributed by atoms with van der Waals surface area (Å²) in [6, 6.07) is 20.1. The number of carboxylic acids is 1. The third kappa shape index (κ3) is 7.94. The van der Waals surface area contributed by atoms with E-state index in [-0.39, 0.29) is 24.8 Å². The van der Waals surface area contributed by atoms with E-state index < -0.39 is 11.9 Å². The standard InChI is InChI=1S/C31H30Cl2N2O4/c32-27-15-14-25(19-28(27)33)35-31(39)26(23-12-10-22(11-13-23)21-4-2-1-3-5-21)18-20-6-8-24(9-7-20)30(38)34-17-16-29(36)37/h4,6-15,19,26H,1-3,5,16-18H2,(H,34,38)(H,35,39)(H,36,37). The summed E-state index contributed by atoms with van der Waals surface area (Å²) in [6.07, 6.45) is 7.14. The van der Waals surface area contributed by atoms with E-state index in [4.69, 9.17) is 28.3 Å². The Hall–Kier alpha value is -3.61. The maximum atomic E-state index is 13.5. The number of amides is 2. The SMILES string of the molecule is O=C(O)CCNC(=O)c1ccc(CC(C(=O)Nc2ccc(Cl)c(Cl)c2)c2ccc(C3=CCCCC3)cc2)cc1. The highest BCUT2D eigenvalue weighted by Gasteiger charge is 2.22. The third-order valence-electron chi connectivity index (χ3n) is 6.76. The van der Waals surface area contributed by atoms with Gasteiger partial charge in [-0.1, -0.05) is 65.7 Å². The lowest BCUT2D eigenvalue weighted by Crippen LogP contribution is -2.26. The van der Waals surface area contributed by atoms with Crippen LogP contribution in [-0.4, -0.2) is 29.4 Å². The number of carbonyl (C=O) groups excluding carboxylic acids is 2. The maximum Gasteiger partial charge on any atom is 0.305 e. The van der Waals surface area contributed by atoms with Crippen LogP contribution < -0.4 is 10.6 Å². The fraction of sp³-hybridized carbons (Fsp3) is 0.258. The Labute approximate surface area is 238 Å². The van der Waals surface area contributed by atoms with Gasteiger partial charge >= 0.3 is 5.97 Å². The predicted molar refractivity (Wildman–Crippen MR) is 155 cm³/mol. The van der Waals surface area contributed by atoms with Gasteiger partial charge in [-0.3, -0.25) is 14.4 Å². The van der Waals surface area contributed by atoms with E-state index in [0.29, 0.717) is 27.7 Å². The van der Waals surface area contributed by atoms with Gasteiger partial charge in [0.25, 0.3) is 5.91 Å². The molecule has 2 amide bonds. The molecule has 0 bridgehead atoms. The molecule has 0 saturated heterocycles. The molecule has 3 aromatic carbocycles. The van der Waals surface area contributed by atoms with E-state index in [1.807, 2.05) is 24.3 Å². The van der Waals surface area contributed by atoms with Crippen LogP contribution in [-0.2, 0) is 16.0 Å². The number of carboxylic acid groups (broad SMARTS) is 1. The summed E-state index contributed by atoms with van der Waals surface area (Å²) in [5, 5.41) is 15.1. The predicted octanol–water partition coefficient (Wildman–Crippen LogP) is 7.12. The monoisotopic (exact) mass is 564 g/mol. The van der Waals surface area contributed by atoms with Gasteiger partial charge in [0.05, 0.1) is 22.4 Å². The quantitative estimate of drug-likeness (QED) is 0.244. The molecule has 3 N–H and O–H groups in total. The molecule has 1 aliphatic carbocycles. The van der Waals surface area contributed by atoms with Crippen LogP contribution in [0.25, 0.3) is 5.57 Å². The molecule has 0 aliphatic heterocycles. The Bertz CT molecular complexity index is 1370. The molecule has 1 unspecified atom stereocenters. The first kappa shape index (κ1) is 28.4. The highest BCUT2D eigenvalue weighted by atomic mass is 35.5. The van der Waals surface area contributed by atoms with Crippen LogP contribution >= 0.6 is 23.2 Å². The molecular formula is C31H30Cl2N2O4. The van der Waals surface area contributed by atoms with Crippen molar-refractivity contribution in [3.05, 3.63) is 105 Å². The van der Waals surface area contributed by atoms with Crippen LogP contribution in [0.4, 0.5) is 5.69 Å². The van der Waals surface area contributed by atoms with Crippen molar-refractivity contribution in [3.8, 4) is 0 Å². The lowest BCUT2D eigenvalue weighted by Gasteiger charge is -2.19. The van der Waals surface area contributed by atoms with E-state index >= 15 is 0 Å². The molecule has 39 heavy (non-hydrogen) atoms. The molecule has 0 saturated carbocycles. The minimum absolute atomic E-state index is 0.0553. The topological polar surface area (TPSA) is 95.5 Å². The molecule has 4 rings (SSSR count). The van der Waals surface area contributed by atoms with Gasteiger partial charge in [0, 0.05) is 17.8 Å². The molecule has 0 fully saturated rings. The van der Waals surface area contributed by atoms with Crippen molar-refractivity contribution >= 4 is 52.2 Å². The number of halogens is 2. The third-order valence-corrected chi connectivity index (χ3v) is 7.50. The van der Waals surface area contributed by atoms with E-state index in [9.17, 15) is 14.4 Å². The van der Waals surface area contributed by atoms with E-state index in [2.05, 4.69) is 28.8 Å². The highest BCUT2D eigenvalue weighted by Crippen LogP contribution is 2.30. The van der Waals surface area contributed by atoms with Crippen LogP contribution in [0.2, 0.25) is 10.0 Å². The zero-order valence-electron chi connectivity index (χ0n) is 21.4. The minimum atomic E-state index is -0.973. The fourth-order valence-electron chi connectivity index (χ4n) is 4.61. The second-order valence-corrected chi connectivity index (χ2v) is 10.4. The average Bonchev–Trinajstić information content (AvgIpc) is 2.94. The lowest BCUT2D eigenvalue weighted by atomic mass is 9.88. The van der Waals surface area contributed by atoms with Crippen LogP contribution in [0.15, 0.2) is 72.8 Å². The number of carbonyl (C=O) groups is 3. The minimum Gasteiger partial charge on any atom is -0.481 e. The number of allylic oxidation sites excluding steroid dienone is 2. The van der Waals surface area contributed by atoms with E-state index in [1.54, 1.807) is 30.3 Å². The molecule has 0 spiro atoms. The van der Waals surface area contributed by atoms with Crippen LogP contribution in [0.3, 0.4) is 0 Å². The molecule has 8 heteroatoms. The van der Waals surface area contributed by atoms with Crippen molar-refractivity contribution in [2.45, 2.75) is 44.4 Å². The Morgan fingerprint density at radius 1 is 0.897 bits per heavy atom. The van der Waals surface area contributed by atoms with Crippen LogP contribution in [0.1, 0.15) is 65.1 Å². The summed E-state index contributed by atoms with van der Waals surface area (Å²) in [5.74, 6) is -2.00. The van der Waals surface area contributed by atoms with Crippen molar-refractivity contribution in [2.24, 2.45) is 0 Å². The molecule has 1 atom stereocenters. The molecule has 3 aromatic rings. The molecule has 0 aromatic heterocycles. The number of benzene rings is 3. The van der Waals surface area contributed by atoms with Crippen molar-refractivity contribution in [2.75, 3.05) is 11.9 Å². The fourth-order valence-corrected chi connectivity index (χ4v) is 4.91. The smallest absolute Gasteiger partial charge is 0.305 e. The second-order valence-electron chi connectivity index (χ2n) is 9.57. The first-order chi connectivity index (χ1) is 18.8. The molecule has 1 aliphatic rings. The summed E-state index contributed by atoms with van der Waals surface area (Å²) in [6.45, 7) is 0.0553. The van der Waals surface area contributed by atoms with Gasteiger partial charge in [-0.05, 0) is 84.7 Å². The van der Waals surface area contributed by atoms with Gasteiger partial charge in [0.15, 0.2) is 0 Å². The number of rotatable bonds is 10. The van der Waals surface area contributed by atoms with Gasteiger partial charge in [-0.15, -0.1) is 0 Å². The number of anilines is 1. The van der Waals surface area contributed by atoms with Crippen LogP contribution in [0, 0.1) is 0 Å². The molecule has 6 nitrogen and oxygen atoms in total. The first-order valence-electron chi connectivity index (χ1n) is 12.9. The largest absolute Gasteiger partial charge is 0.481 e. The molecule has 0 radical (unpaired) electrons. The number of hydrogen-bond acceptors (Lipinski definition) is 3. The summed E-state index contributed by atoms with van der Waals surface area (Å²) >= 11 is 12.2. The van der Waals surface area contributed by atoms with Crippen LogP contribution in [0.5, 0.6) is 0 Å². The molecular weight excluding hydrogens is 535 g/mol. The number of nitrogens with one attached hydrogen (secondary N) is 2. The summed E-state index contributed by atoms with van der Waals surface area (Å²) in [4.78, 5) is 36.5. The van der Waals surface area contributed by atoms with E-state index in [1.165, 1.54) is 24.0 Å².